The number of primary amides is 1. The van der Waals surface area contributed by atoms with Crippen LogP contribution in [0.15, 0.2) is 0 Å². The topological polar surface area (TPSA) is 92.9 Å². The summed E-state index contributed by atoms with van der Waals surface area (Å²) >= 11 is 0. The van der Waals surface area contributed by atoms with Crippen molar-refractivity contribution in [2.75, 3.05) is 32.8 Å². The molecule has 0 radical (unpaired) electrons. The van der Waals surface area contributed by atoms with Crippen LogP contribution in [0.4, 0.5) is 0 Å². The minimum Gasteiger partial charge on any atom is -0.466 e. The van der Waals surface area contributed by atoms with Crippen LogP contribution in [-0.2, 0) is 19.1 Å². The van der Waals surface area contributed by atoms with Crippen molar-refractivity contribution >= 4 is 17.8 Å². The highest BCUT2D eigenvalue weighted by Gasteiger charge is 2.33. The Balaban J connectivity index is 1.80. The molecular weight excluding hydrogens is 310 g/mol. The summed E-state index contributed by atoms with van der Waals surface area (Å²) in [6.07, 6.45) is 2.78. The SMILES string of the molecule is CCOC(=O)C1CCN(C(=O)[C@H](C)N2CCC(C(N)=O)CC2)CC1. The maximum Gasteiger partial charge on any atom is 0.309 e. The van der Waals surface area contributed by atoms with E-state index in [1.165, 1.54) is 0 Å². The molecule has 2 rings (SSSR count). The van der Waals surface area contributed by atoms with Gasteiger partial charge in [0.25, 0.3) is 0 Å². The molecule has 24 heavy (non-hydrogen) atoms. The molecule has 7 nitrogen and oxygen atoms in total. The van der Waals surface area contributed by atoms with E-state index >= 15 is 0 Å². The third-order valence-corrected chi connectivity index (χ3v) is 5.26. The molecule has 0 aromatic heterocycles. The van der Waals surface area contributed by atoms with Gasteiger partial charge in [-0.25, -0.2) is 0 Å². The van der Waals surface area contributed by atoms with Crippen LogP contribution in [0.3, 0.4) is 0 Å². The zero-order valence-electron chi connectivity index (χ0n) is 14.7. The van der Waals surface area contributed by atoms with Gasteiger partial charge in [0.15, 0.2) is 0 Å². The van der Waals surface area contributed by atoms with Crippen LogP contribution in [0.5, 0.6) is 0 Å². The second-order valence-corrected chi connectivity index (χ2v) is 6.74. The molecule has 0 spiro atoms. The van der Waals surface area contributed by atoms with E-state index in [2.05, 4.69) is 4.90 Å². The fraction of sp³-hybridized carbons (Fsp3) is 0.824. The number of hydrogen-bond acceptors (Lipinski definition) is 5. The summed E-state index contributed by atoms with van der Waals surface area (Å²) in [5.74, 6) is -0.435. The fourth-order valence-corrected chi connectivity index (χ4v) is 3.59. The summed E-state index contributed by atoms with van der Waals surface area (Å²) in [4.78, 5) is 39.7. The van der Waals surface area contributed by atoms with E-state index in [0.29, 0.717) is 32.5 Å². The Kier molecular flexibility index (Phi) is 6.60. The predicted octanol–water partition coefficient (Wildman–Crippen LogP) is 0.374. The molecule has 2 fully saturated rings. The predicted molar refractivity (Wildman–Crippen MR) is 88.9 cm³/mol. The normalized spacial score (nSPS) is 22.2. The number of carbonyl (C=O) groups is 3. The van der Waals surface area contributed by atoms with Crippen molar-refractivity contribution < 1.29 is 19.1 Å². The van der Waals surface area contributed by atoms with Crippen molar-refractivity contribution in [2.24, 2.45) is 17.6 Å². The van der Waals surface area contributed by atoms with E-state index in [0.717, 1.165) is 25.9 Å². The Morgan fingerprint density at radius 1 is 1.04 bits per heavy atom. The lowest BCUT2D eigenvalue weighted by atomic mass is 9.94. The van der Waals surface area contributed by atoms with Crippen LogP contribution in [-0.4, -0.2) is 66.4 Å². The average molecular weight is 339 g/mol. The number of hydrogen-bond donors (Lipinski definition) is 1. The number of piperidine rings is 2. The number of nitrogens with two attached hydrogens (primary N) is 1. The molecule has 2 amide bonds. The molecule has 0 aromatic carbocycles. The summed E-state index contributed by atoms with van der Waals surface area (Å²) in [5.41, 5.74) is 5.35. The Morgan fingerprint density at radius 2 is 1.58 bits per heavy atom. The van der Waals surface area contributed by atoms with Gasteiger partial charge in [-0.3, -0.25) is 19.3 Å². The average Bonchev–Trinajstić information content (AvgIpc) is 2.61. The van der Waals surface area contributed by atoms with Crippen LogP contribution in [0, 0.1) is 11.8 Å². The summed E-state index contributed by atoms with van der Waals surface area (Å²) < 4.78 is 5.06. The molecule has 1 atom stereocenters. The molecule has 2 N–H and O–H groups in total. The number of rotatable bonds is 5. The van der Waals surface area contributed by atoms with Crippen LogP contribution in [0.1, 0.15) is 39.5 Å². The van der Waals surface area contributed by atoms with E-state index < -0.39 is 0 Å². The second kappa shape index (κ2) is 8.46. The van der Waals surface area contributed by atoms with Crippen molar-refractivity contribution in [3.8, 4) is 0 Å². The maximum atomic E-state index is 12.7. The number of ether oxygens (including phenoxy) is 1. The lowest BCUT2D eigenvalue weighted by Gasteiger charge is -2.38. The first-order chi connectivity index (χ1) is 11.4. The molecular formula is C17H29N3O4. The van der Waals surface area contributed by atoms with Crippen molar-refractivity contribution in [1.29, 1.82) is 0 Å². The highest BCUT2D eigenvalue weighted by atomic mass is 16.5. The Morgan fingerprint density at radius 3 is 2.08 bits per heavy atom. The number of esters is 1. The standard InChI is InChI=1S/C17H29N3O4/c1-3-24-17(23)14-6-10-20(11-7-14)16(22)12(2)19-8-4-13(5-9-19)15(18)21/h12-14H,3-11H2,1-2H3,(H2,18,21)/t12-/m0/s1. The Hall–Kier alpha value is -1.63. The smallest absolute Gasteiger partial charge is 0.309 e. The van der Waals surface area contributed by atoms with Gasteiger partial charge in [0.1, 0.15) is 0 Å². The van der Waals surface area contributed by atoms with Gasteiger partial charge in [-0.05, 0) is 52.6 Å². The molecule has 0 aromatic rings. The van der Waals surface area contributed by atoms with Crippen molar-refractivity contribution in [2.45, 2.75) is 45.6 Å². The molecule has 0 unspecified atom stereocenters. The molecule has 0 bridgehead atoms. The summed E-state index contributed by atoms with van der Waals surface area (Å²) in [6, 6.07) is -0.196. The second-order valence-electron chi connectivity index (χ2n) is 6.74. The first-order valence-electron chi connectivity index (χ1n) is 8.92. The first-order valence-corrected chi connectivity index (χ1v) is 8.92. The van der Waals surface area contributed by atoms with Crippen LogP contribution in [0.25, 0.3) is 0 Å². The molecule has 2 aliphatic rings. The number of likely N-dealkylation sites (tertiary alicyclic amines) is 2. The molecule has 2 heterocycles. The van der Waals surface area contributed by atoms with Gasteiger partial charge in [0.05, 0.1) is 18.6 Å². The molecule has 2 saturated heterocycles. The van der Waals surface area contributed by atoms with E-state index in [4.69, 9.17) is 10.5 Å². The monoisotopic (exact) mass is 339 g/mol. The zero-order valence-corrected chi connectivity index (χ0v) is 14.7. The van der Waals surface area contributed by atoms with Crippen LogP contribution < -0.4 is 5.73 Å². The lowest BCUT2D eigenvalue weighted by molar-refractivity contribution is -0.152. The fourth-order valence-electron chi connectivity index (χ4n) is 3.59. The minimum atomic E-state index is -0.241. The van der Waals surface area contributed by atoms with E-state index in [9.17, 15) is 14.4 Å². The third kappa shape index (κ3) is 4.47. The van der Waals surface area contributed by atoms with Gasteiger partial charge in [-0.2, -0.15) is 0 Å². The van der Waals surface area contributed by atoms with Gasteiger partial charge in [0, 0.05) is 19.0 Å². The van der Waals surface area contributed by atoms with E-state index in [1.54, 1.807) is 6.92 Å². The molecule has 0 saturated carbocycles. The van der Waals surface area contributed by atoms with Crippen molar-refractivity contribution in [3.05, 3.63) is 0 Å². The number of carbonyl (C=O) groups excluding carboxylic acids is 3. The van der Waals surface area contributed by atoms with Crippen molar-refractivity contribution in [1.82, 2.24) is 9.80 Å². The molecule has 0 aliphatic carbocycles. The van der Waals surface area contributed by atoms with E-state index in [-0.39, 0.29) is 35.7 Å². The highest BCUT2D eigenvalue weighted by Crippen LogP contribution is 2.22. The first kappa shape index (κ1) is 18.7. The Labute approximate surface area is 143 Å². The summed E-state index contributed by atoms with van der Waals surface area (Å²) in [7, 11) is 0. The third-order valence-electron chi connectivity index (χ3n) is 5.26. The summed E-state index contributed by atoms with van der Waals surface area (Å²) in [5, 5.41) is 0. The molecule has 136 valence electrons. The highest BCUT2D eigenvalue weighted by molar-refractivity contribution is 5.82. The largest absolute Gasteiger partial charge is 0.466 e. The Bertz CT molecular complexity index is 466. The van der Waals surface area contributed by atoms with Gasteiger partial charge in [-0.15, -0.1) is 0 Å². The van der Waals surface area contributed by atoms with Crippen molar-refractivity contribution in [3.63, 3.8) is 0 Å². The molecule has 2 aliphatic heterocycles. The maximum absolute atomic E-state index is 12.7. The zero-order chi connectivity index (χ0) is 17.7. The van der Waals surface area contributed by atoms with E-state index in [1.807, 2.05) is 11.8 Å². The minimum absolute atomic E-state index is 0.0659. The number of nitrogens with zero attached hydrogens (tertiary/aromatic N) is 2. The van der Waals surface area contributed by atoms with Gasteiger partial charge >= 0.3 is 5.97 Å². The van der Waals surface area contributed by atoms with Crippen LogP contribution >= 0.6 is 0 Å². The van der Waals surface area contributed by atoms with Crippen LogP contribution in [0.2, 0.25) is 0 Å². The molecule has 7 heteroatoms. The quantitative estimate of drug-likeness (QED) is 0.731. The van der Waals surface area contributed by atoms with Gasteiger partial charge in [-0.1, -0.05) is 0 Å². The number of amides is 2. The summed E-state index contributed by atoms with van der Waals surface area (Å²) in [6.45, 7) is 6.77. The van der Waals surface area contributed by atoms with Gasteiger partial charge in [0.2, 0.25) is 11.8 Å². The lowest BCUT2D eigenvalue weighted by Crippen LogP contribution is -2.52. The van der Waals surface area contributed by atoms with Gasteiger partial charge < -0.3 is 15.4 Å².